The molecule has 0 radical (unpaired) electrons. The second-order valence-corrected chi connectivity index (χ2v) is 15.4. The Labute approximate surface area is 276 Å². The first-order valence-corrected chi connectivity index (χ1v) is 16.5. The van der Waals surface area contributed by atoms with Gasteiger partial charge in [0.1, 0.15) is 0 Å². The lowest BCUT2D eigenvalue weighted by Crippen LogP contribution is -2.51. The van der Waals surface area contributed by atoms with Crippen LogP contribution in [0.2, 0.25) is 0 Å². The van der Waals surface area contributed by atoms with Gasteiger partial charge in [-0.25, -0.2) is 0 Å². The molecule has 4 rings (SSSR count). The Bertz CT molecular complexity index is 1180. The quantitative estimate of drug-likeness (QED) is 0.209. The molecule has 0 fully saturated rings. The first-order chi connectivity index (χ1) is 16.8. The van der Waals surface area contributed by atoms with Crippen LogP contribution >= 0.6 is 127 Å². The van der Waals surface area contributed by atoms with Crippen LogP contribution in [0.25, 0.3) is 0 Å². The molecule has 4 aromatic carbocycles. The minimum absolute atomic E-state index is 0.475. The molecule has 0 spiro atoms. The molecule has 10 heteroatoms. The molecular formula is C26H14Br8O2. The highest BCUT2D eigenvalue weighted by molar-refractivity contribution is 9.12. The van der Waals surface area contributed by atoms with E-state index in [4.69, 9.17) is 0 Å². The van der Waals surface area contributed by atoms with Crippen LogP contribution in [0.3, 0.4) is 0 Å². The zero-order valence-corrected chi connectivity index (χ0v) is 30.5. The summed E-state index contributed by atoms with van der Waals surface area (Å²) in [7, 11) is 0. The fourth-order valence-electron chi connectivity index (χ4n) is 4.22. The zero-order valence-electron chi connectivity index (χ0n) is 17.8. The Hall–Kier alpha value is 0.640. The van der Waals surface area contributed by atoms with Crippen LogP contribution < -0.4 is 0 Å². The summed E-state index contributed by atoms with van der Waals surface area (Å²) in [5, 5.41) is 26.1. The second kappa shape index (κ2) is 11.6. The van der Waals surface area contributed by atoms with E-state index in [1.165, 1.54) is 0 Å². The van der Waals surface area contributed by atoms with Crippen molar-refractivity contribution >= 4 is 127 Å². The van der Waals surface area contributed by atoms with Gasteiger partial charge < -0.3 is 10.2 Å². The van der Waals surface area contributed by atoms with Crippen molar-refractivity contribution in [2.24, 2.45) is 0 Å². The van der Waals surface area contributed by atoms with Crippen molar-refractivity contribution in [3.05, 3.63) is 131 Å². The normalized spacial score (nSPS) is 12.2. The first kappa shape index (κ1) is 29.6. The summed E-state index contributed by atoms with van der Waals surface area (Å²) in [5.41, 5.74) is -2.03. The van der Waals surface area contributed by atoms with Gasteiger partial charge in [-0.1, -0.05) is 127 Å². The average molecular weight is 998 g/mol. The molecule has 0 amide bonds. The van der Waals surface area contributed by atoms with Crippen molar-refractivity contribution < 1.29 is 10.2 Å². The molecule has 0 saturated heterocycles. The van der Waals surface area contributed by atoms with E-state index in [-0.39, 0.29) is 0 Å². The Morgan fingerprint density at radius 2 is 0.444 bits per heavy atom. The fourth-order valence-corrected chi connectivity index (χ4v) is 9.39. The Morgan fingerprint density at radius 1 is 0.306 bits per heavy atom. The van der Waals surface area contributed by atoms with Gasteiger partial charge in [0.2, 0.25) is 0 Å². The molecule has 36 heavy (non-hydrogen) atoms. The van der Waals surface area contributed by atoms with Gasteiger partial charge in [-0.3, -0.25) is 0 Å². The van der Waals surface area contributed by atoms with Gasteiger partial charge in [-0.2, -0.15) is 0 Å². The summed E-state index contributed by atoms with van der Waals surface area (Å²) in [6, 6.07) is 22.0. The van der Waals surface area contributed by atoms with E-state index < -0.39 is 11.2 Å². The number of hydrogen-bond donors (Lipinski definition) is 2. The van der Waals surface area contributed by atoms with E-state index >= 15 is 0 Å². The molecule has 4 aromatic rings. The molecule has 0 aliphatic carbocycles. The topological polar surface area (TPSA) is 40.5 Å². The van der Waals surface area contributed by atoms with Crippen LogP contribution in [0.4, 0.5) is 0 Å². The highest BCUT2D eigenvalue weighted by atomic mass is 79.9. The average Bonchev–Trinajstić information content (AvgIpc) is 2.75. The molecule has 0 heterocycles. The predicted octanol–water partition coefficient (Wildman–Crippen LogP) is 11.0. The molecule has 0 saturated carbocycles. The lowest BCUT2D eigenvalue weighted by atomic mass is 9.66. The number of rotatable bonds is 5. The van der Waals surface area contributed by atoms with Crippen LogP contribution in [-0.2, 0) is 11.2 Å². The minimum atomic E-state index is -1.97. The van der Waals surface area contributed by atoms with Crippen LogP contribution in [0.1, 0.15) is 22.3 Å². The third-order valence-corrected chi connectivity index (χ3v) is 9.31. The van der Waals surface area contributed by atoms with E-state index in [1.54, 1.807) is 0 Å². The molecule has 0 aliphatic rings. The smallest absolute Gasteiger partial charge is 0.152 e. The third-order valence-electron chi connectivity index (χ3n) is 5.64. The molecule has 2 N–H and O–H groups in total. The van der Waals surface area contributed by atoms with Gasteiger partial charge in [0.25, 0.3) is 0 Å². The van der Waals surface area contributed by atoms with Crippen molar-refractivity contribution in [3.63, 3.8) is 0 Å². The second-order valence-electron chi connectivity index (χ2n) is 8.05. The number of halogens is 8. The maximum absolute atomic E-state index is 13.0. The molecule has 0 aliphatic heterocycles. The molecule has 0 bridgehead atoms. The van der Waals surface area contributed by atoms with E-state index in [2.05, 4.69) is 127 Å². The minimum Gasteiger partial charge on any atom is -0.377 e. The van der Waals surface area contributed by atoms with Crippen molar-refractivity contribution in [2.45, 2.75) is 11.2 Å². The van der Waals surface area contributed by atoms with Gasteiger partial charge in [0, 0.05) is 35.8 Å². The van der Waals surface area contributed by atoms with Crippen LogP contribution in [0, 0.1) is 0 Å². The maximum Gasteiger partial charge on any atom is 0.152 e. The van der Waals surface area contributed by atoms with Gasteiger partial charge >= 0.3 is 0 Å². The van der Waals surface area contributed by atoms with Gasteiger partial charge in [-0.05, 0) is 95.1 Å². The van der Waals surface area contributed by atoms with Gasteiger partial charge in [0.05, 0.1) is 0 Å². The van der Waals surface area contributed by atoms with Crippen molar-refractivity contribution in [1.29, 1.82) is 0 Å². The largest absolute Gasteiger partial charge is 0.377 e. The Kier molecular flexibility index (Phi) is 9.57. The maximum atomic E-state index is 13.0. The summed E-state index contributed by atoms with van der Waals surface area (Å²) in [5.74, 6) is 0. The Balaban J connectivity index is 2.23. The van der Waals surface area contributed by atoms with Crippen LogP contribution in [0.5, 0.6) is 0 Å². The van der Waals surface area contributed by atoms with E-state index in [0.717, 1.165) is 35.8 Å². The van der Waals surface area contributed by atoms with Crippen molar-refractivity contribution in [3.8, 4) is 0 Å². The molecule has 0 atom stereocenters. The SMILES string of the molecule is OC(c1cc(Br)cc(Br)c1)(c1cc(Br)cc(Br)c1)C(O)(c1cc(Br)cc(Br)c1)c1cc(Br)cc(Br)c1. The Morgan fingerprint density at radius 3 is 0.583 bits per heavy atom. The van der Waals surface area contributed by atoms with Crippen LogP contribution in [0.15, 0.2) is 109 Å². The first-order valence-electron chi connectivity index (χ1n) is 10.1. The standard InChI is InChI=1S/C26H14Br8O2/c27-17-1-13(2-18(28)9-17)25(35,14-3-19(29)10-20(30)4-14)26(36,15-5-21(31)11-22(32)6-15)16-7-23(33)12-24(34)8-16/h1-12,35-36H. The number of benzene rings is 4. The highest BCUT2D eigenvalue weighted by Gasteiger charge is 2.55. The third kappa shape index (κ3) is 5.88. The van der Waals surface area contributed by atoms with Crippen molar-refractivity contribution in [2.75, 3.05) is 0 Å². The fraction of sp³-hybridized carbons (Fsp3) is 0.0769. The summed E-state index contributed by atoms with van der Waals surface area (Å²) >= 11 is 28.5. The molecule has 0 unspecified atom stereocenters. The summed E-state index contributed by atoms with van der Waals surface area (Å²) in [4.78, 5) is 0. The van der Waals surface area contributed by atoms with Crippen LogP contribution in [-0.4, -0.2) is 10.2 Å². The molecular weight excluding hydrogens is 984 g/mol. The van der Waals surface area contributed by atoms with Gasteiger partial charge in [-0.15, -0.1) is 0 Å². The summed E-state index contributed by atoms with van der Waals surface area (Å²) in [6.07, 6.45) is 0. The molecule has 186 valence electrons. The lowest BCUT2D eigenvalue weighted by molar-refractivity contribution is -0.113. The summed E-state index contributed by atoms with van der Waals surface area (Å²) in [6.45, 7) is 0. The molecule has 0 aromatic heterocycles. The van der Waals surface area contributed by atoms with Gasteiger partial charge in [0.15, 0.2) is 11.2 Å². The van der Waals surface area contributed by atoms with Crippen molar-refractivity contribution in [1.82, 2.24) is 0 Å². The molecule has 2 nitrogen and oxygen atoms in total. The number of aliphatic hydroxyl groups is 2. The lowest BCUT2D eigenvalue weighted by Gasteiger charge is -2.45. The number of hydrogen-bond acceptors (Lipinski definition) is 2. The highest BCUT2D eigenvalue weighted by Crippen LogP contribution is 2.52. The van der Waals surface area contributed by atoms with E-state index in [0.29, 0.717) is 22.3 Å². The zero-order chi connectivity index (χ0) is 26.4. The van der Waals surface area contributed by atoms with E-state index in [1.807, 2.05) is 72.8 Å². The monoisotopic (exact) mass is 989 g/mol. The summed E-state index contributed by atoms with van der Waals surface area (Å²) < 4.78 is 5.94. The van der Waals surface area contributed by atoms with E-state index in [9.17, 15) is 10.2 Å². The predicted molar refractivity (Wildman–Crippen MR) is 173 cm³/mol.